The first-order valence-electron chi connectivity index (χ1n) is 14.3. The Bertz CT molecular complexity index is 1100. The fraction of sp³-hybridized carbons (Fsp3) is 0.571. The molecule has 0 aliphatic carbocycles. The fourth-order valence-corrected chi connectivity index (χ4v) is 6.32. The van der Waals surface area contributed by atoms with Gasteiger partial charge in [0.15, 0.2) is 0 Å². The van der Waals surface area contributed by atoms with Crippen LogP contribution >= 0.6 is 0 Å². The van der Waals surface area contributed by atoms with Gasteiger partial charge in [-0.1, -0.05) is 30.3 Å². The van der Waals surface area contributed by atoms with Crippen molar-refractivity contribution in [3.63, 3.8) is 0 Å². The van der Waals surface area contributed by atoms with Crippen LogP contribution in [0.1, 0.15) is 41.1 Å². The fourth-order valence-electron chi connectivity index (χ4n) is 6.32. The number of hydrogen-bond donors (Lipinski definition) is 5. The molecule has 0 saturated carbocycles. The summed E-state index contributed by atoms with van der Waals surface area (Å²) in [5.74, 6) is 0.530. The van der Waals surface area contributed by atoms with Crippen LogP contribution in [0.25, 0.3) is 0 Å². The summed E-state index contributed by atoms with van der Waals surface area (Å²) in [4.78, 5) is 26.2. The summed E-state index contributed by atoms with van der Waals surface area (Å²) >= 11 is 0. The maximum atomic E-state index is 13.0. The SMILES string of the molecule is O=C1N(Cc2ccc(C3CCN(CC4NNNN4)CC3)cn2)CCN1C[C@H](O)CN1CCc2ccccc2C1. The van der Waals surface area contributed by atoms with E-state index in [0.717, 1.165) is 57.7 Å². The second-order valence-corrected chi connectivity index (χ2v) is 11.3. The summed E-state index contributed by atoms with van der Waals surface area (Å²) in [5, 5.41) is 10.8. The minimum absolute atomic E-state index is 0.00655. The van der Waals surface area contributed by atoms with Crippen LogP contribution in [0.4, 0.5) is 4.79 Å². The molecule has 0 spiro atoms. The van der Waals surface area contributed by atoms with Crippen LogP contribution < -0.4 is 21.9 Å². The highest BCUT2D eigenvalue weighted by molar-refractivity contribution is 5.76. The van der Waals surface area contributed by atoms with E-state index in [0.29, 0.717) is 38.6 Å². The zero-order chi connectivity index (χ0) is 26.6. The number of likely N-dealkylation sites (tertiary alicyclic amines) is 1. The van der Waals surface area contributed by atoms with E-state index in [1.807, 2.05) is 11.1 Å². The first kappa shape index (κ1) is 26.6. The second-order valence-electron chi connectivity index (χ2n) is 11.3. The van der Waals surface area contributed by atoms with Gasteiger partial charge in [-0.05, 0) is 61.0 Å². The lowest BCUT2D eigenvalue weighted by molar-refractivity contribution is 0.0812. The van der Waals surface area contributed by atoms with Gasteiger partial charge >= 0.3 is 6.03 Å². The number of hydrazine groups is 3. The quantitative estimate of drug-likeness (QED) is 0.311. The van der Waals surface area contributed by atoms with E-state index in [2.05, 4.69) is 68.1 Å². The van der Waals surface area contributed by atoms with Gasteiger partial charge in [-0.3, -0.25) is 9.88 Å². The monoisotopic (exact) mass is 535 g/mol. The van der Waals surface area contributed by atoms with Crippen LogP contribution in [-0.2, 0) is 19.5 Å². The number of urea groups is 1. The number of benzene rings is 1. The Hall–Kier alpha value is -2.64. The highest BCUT2D eigenvalue weighted by atomic mass is 16.3. The van der Waals surface area contributed by atoms with E-state index < -0.39 is 6.10 Å². The molecule has 6 rings (SSSR count). The maximum Gasteiger partial charge on any atom is 0.320 e. The average molecular weight is 536 g/mol. The number of carbonyl (C=O) groups is 1. The summed E-state index contributed by atoms with van der Waals surface area (Å²) in [6, 6.07) is 12.8. The standard InChI is InChI=1S/C28H41N9O2/c38-26(18-35-12-9-21-3-1-2-4-24(21)16-35)19-37-14-13-36(28(37)39)17-25-6-5-23(15-29-25)22-7-10-34(11-8-22)20-27-30-32-33-31-27/h1-6,15,22,26-27,30-33,38H,7-14,16-20H2/t26-/m1/s1. The van der Waals surface area contributed by atoms with Crippen molar-refractivity contribution < 1.29 is 9.90 Å². The zero-order valence-electron chi connectivity index (χ0n) is 22.6. The molecule has 0 bridgehead atoms. The highest BCUT2D eigenvalue weighted by Crippen LogP contribution is 2.28. The highest BCUT2D eigenvalue weighted by Gasteiger charge is 2.31. The second kappa shape index (κ2) is 12.3. The molecule has 1 aromatic carbocycles. The topological polar surface area (TPSA) is 111 Å². The smallest absolute Gasteiger partial charge is 0.320 e. The van der Waals surface area contributed by atoms with E-state index in [1.165, 1.54) is 16.7 Å². The van der Waals surface area contributed by atoms with Gasteiger partial charge < -0.3 is 19.8 Å². The normalized spacial score (nSPS) is 22.5. The van der Waals surface area contributed by atoms with E-state index in [1.54, 1.807) is 4.90 Å². The minimum atomic E-state index is -0.554. The predicted octanol–water partition coefficient (Wildman–Crippen LogP) is 0.361. The lowest BCUT2D eigenvalue weighted by atomic mass is 9.90. The molecule has 0 unspecified atom stereocenters. The van der Waals surface area contributed by atoms with Crippen LogP contribution in [0.3, 0.4) is 0 Å². The maximum absolute atomic E-state index is 13.0. The van der Waals surface area contributed by atoms with Gasteiger partial charge in [0.05, 0.1) is 24.5 Å². The third-order valence-electron chi connectivity index (χ3n) is 8.55. The van der Waals surface area contributed by atoms with Crippen molar-refractivity contribution >= 4 is 6.03 Å². The number of β-amino-alcohol motifs (C(OH)–C–C–N with tert-alkyl or cyclic N) is 1. The number of rotatable bonds is 9. The van der Waals surface area contributed by atoms with Gasteiger partial charge in [0, 0.05) is 52.0 Å². The van der Waals surface area contributed by atoms with Crippen molar-refractivity contribution in [3.8, 4) is 0 Å². The molecule has 11 heteroatoms. The van der Waals surface area contributed by atoms with Crippen molar-refractivity contribution in [1.29, 1.82) is 0 Å². The number of nitrogens with one attached hydrogen (secondary N) is 4. The van der Waals surface area contributed by atoms with Crippen molar-refractivity contribution in [2.45, 2.75) is 50.5 Å². The first-order chi connectivity index (χ1) is 19.1. The summed E-state index contributed by atoms with van der Waals surface area (Å²) in [7, 11) is 0. The lowest BCUT2D eigenvalue weighted by Crippen LogP contribution is -2.47. The Kier molecular flexibility index (Phi) is 8.35. The summed E-state index contributed by atoms with van der Waals surface area (Å²) in [6.07, 6.45) is 4.92. The largest absolute Gasteiger partial charge is 0.390 e. The Morgan fingerprint density at radius 1 is 0.897 bits per heavy atom. The van der Waals surface area contributed by atoms with Crippen LogP contribution in [0, 0.1) is 0 Å². The number of aromatic nitrogens is 1. The Balaban J connectivity index is 0.938. The molecule has 2 amide bonds. The van der Waals surface area contributed by atoms with E-state index in [-0.39, 0.29) is 12.2 Å². The molecule has 1 aromatic heterocycles. The number of carbonyl (C=O) groups excluding carboxylic acids is 1. The minimum Gasteiger partial charge on any atom is -0.390 e. The molecule has 5 N–H and O–H groups in total. The molecular weight excluding hydrogens is 494 g/mol. The molecule has 11 nitrogen and oxygen atoms in total. The van der Waals surface area contributed by atoms with Gasteiger partial charge in [0.2, 0.25) is 0 Å². The van der Waals surface area contributed by atoms with Crippen LogP contribution in [-0.4, -0.2) is 100 Å². The Morgan fingerprint density at radius 2 is 1.67 bits per heavy atom. The average Bonchev–Trinajstić information content (AvgIpc) is 3.59. The predicted molar refractivity (Wildman–Crippen MR) is 148 cm³/mol. The molecule has 1 atom stereocenters. The number of nitrogens with zero attached hydrogens (tertiary/aromatic N) is 5. The molecule has 39 heavy (non-hydrogen) atoms. The van der Waals surface area contributed by atoms with E-state index in [9.17, 15) is 9.90 Å². The third-order valence-corrected chi connectivity index (χ3v) is 8.55. The summed E-state index contributed by atoms with van der Waals surface area (Å²) in [6.45, 7) is 7.68. The molecule has 4 aliphatic rings. The van der Waals surface area contributed by atoms with E-state index >= 15 is 0 Å². The molecule has 5 heterocycles. The zero-order valence-corrected chi connectivity index (χ0v) is 22.6. The molecule has 4 aliphatic heterocycles. The van der Waals surface area contributed by atoms with Gasteiger partial charge in [-0.15, -0.1) is 0 Å². The number of hydrogen-bond acceptors (Lipinski definition) is 9. The van der Waals surface area contributed by atoms with Crippen molar-refractivity contribution in [2.75, 3.05) is 52.4 Å². The molecule has 0 radical (unpaired) electrons. The number of pyridine rings is 1. The van der Waals surface area contributed by atoms with E-state index in [4.69, 9.17) is 4.98 Å². The Labute approximate surface area is 230 Å². The number of fused-ring (bicyclic) bond motifs is 1. The summed E-state index contributed by atoms with van der Waals surface area (Å²) < 4.78 is 0. The van der Waals surface area contributed by atoms with Gasteiger partial charge in [0.1, 0.15) is 0 Å². The number of aliphatic hydroxyl groups excluding tert-OH is 1. The van der Waals surface area contributed by atoms with Crippen molar-refractivity contribution in [1.82, 2.24) is 46.5 Å². The molecule has 2 aromatic rings. The number of amides is 2. The summed E-state index contributed by atoms with van der Waals surface area (Å²) in [5.41, 5.74) is 17.0. The van der Waals surface area contributed by atoms with Gasteiger partial charge in [0.25, 0.3) is 0 Å². The number of aliphatic hydroxyl groups is 1. The van der Waals surface area contributed by atoms with Crippen LogP contribution in [0.15, 0.2) is 42.6 Å². The first-order valence-corrected chi connectivity index (χ1v) is 14.3. The van der Waals surface area contributed by atoms with Crippen LogP contribution in [0.5, 0.6) is 0 Å². The lowest BCUT2D eigenvalue weighted by Gasteiger charge is -2.33. The van der Waals surface area contributed by atoms with Gasteiger partial charge in [-0.2, -0.15) is 11.1 Å². The number of piperidine rings is 1. The van der Waals surface area contributed by atoms with Crippen molar-refractivity contribution in [2.24, 2.45) is 0 Å². The van der Waals surface area contributed by atoms with Crippen molar-refractivity contribution in [3.05, 3.63) is 65.0 Å². The van der Waals surface area contributed by atoms with Crippen LogP contribution in [0.2, 0.25) is 0 Å². The molecule has 210 valence electrons. The molecule has 3 fully saturated rings. The Morgan fingerprint density at radius 3 is 2.44 bits per heavy atom. The third kappa shape index (κ3) is 6.58. The van der Waals surface area contributed by atoms with Gasteiger partial charge in [-0.25, -0.2) is 15.6 Å². The molecule has 3 saturated heterocycles. The molecular formula is C28H41N9O2.